The van der Waals surface area contributed by atoms with E-state index in [4.69, 9.17) is 9.47 Å². The zero-order valence-corrected chi connectivity index (χ0v) is 13.0. The van der Waals surface area contributed by atoms with Gasteiger partial charge in [-0.2, -0.15) is 0 Å². The highest BCUT2D eigenvalue weighted by atomic mass is 16.5. The Morgan fingerprint density at radius 1 is 1.50 bits per heavy atom. The van der Waals surface area contributed by atoms with E-state index in [0.29, 0.717) is 32.2 Å². The number of carbonyl (C=O) groups excluding carboxylic acids is 1. The van der Waals surface area contributed by atoms with Crippen molar-refractivity contribution in [2.75, 3.05) is 59.6 Å². The molecular formula is C14H29N3O3. The second kappa shape index (κ2) is 10.1. The number of nitrogens with zero attached hydrogens (tertiary/aromatic N) is 1. The number of hydrogen-bond donors (Lipinski definition) is 2. The van der Waals surface area contributed by atoms with Gasteiger partial charge in [0.05, 0.1) is 25.9 Å². The molecule has 1 saturated heterocycles. The molecule has 6 nitrogen and oxygen atoms in total. The highest BCUT2D eigenvalue weighted by Crippen LogP contribution is 2.07. The van der Waals surface area contributed by atoms with Gasteiger partial charge in [0.1, 0.15) is 0 Å². The first-order valence-electron chi connectivity index (χ1n) is 7.42. The summed E-state index contributed by atoms with van der Waals surface area (Å²) in [7, 11) is 1.64. The number of rotatable bonds is 9. The van der Waals surface area contributed by atoms with Crippen LogP contribution in [0.3, 0.4) is 0 Å². The Hall–Kier alpha value is -0.690. The van der Waals surface area contributed by atoms with Crippen LogP contribution >= 0.6 is 0 Å². The zero-order chi connectivity index (χ0) is 14.8. The minimum absolute atomic E-state index is 0.00526. The van der Waals surface area contributed by atoms with Crippen LogP contribution in [-0.4, -0.2) is 76.5 Å². The number of hydrogen-bond acceptors (Lipinski definition) is 5. The van der Waals surface area contributed by atoms with E-state index in [1.165, 1.54) is 0 Å². The molecule has 1 fully saturated rings. The molecule has 0 radical (unpaired) electrons. The van der Waals surface area contributed by atoms with Gasteiger partial charge >= 0.3 is 0 Å². The van der Waals surface area contributed by atoms with Gasteiger partial charge in [-0.25, -0.2) is 0 Å². The summed E-state index contributed by atoms with van der Waals surface area (Å²) in [6.45, 7) is 10.4. The fourth-order valence-corrected chi connectivity index (χ4v) is 2.25. The normalized spacial score (nSPS) is 20.3. The van der Waals surface area contributed by atoms with Crippen LogP contribution in [0.15, 0.2) is 0 Å². The van der Waals surface area contributed by atoms with Crippen LogP contribution in [0.1, 0.15) is 13.8 Å². The Morgan fingerprint density at radius 2 is 2.30 bits per heavy atom. The molecule has 6 heteroatoms. The first-order valence-corrected chi connectivity index (χ1v) is 7.42. The topological polar surface area (TPSA) is 62.8 Å². The number of ether oxygens (including phenoxy) is 2. The lowest BCUT2D eigenvalue weighted by molar-refractivity contribution is -0.121. The Bertz CT molecular complexity index is 274. The highest BCUT2D eigenvalue weighted by Gasteiger charge is 2.21. The van der Waals surface area contributed by atoms with Gasteiger partial charge in [0.25, 0.3) is 0 Å². The molecule has 20 heavy (non-hydrogen) atoms. The molecule has 0 spiro atoms. The van der Waals surface area contributed by atoms with Crippen LogP contribution in [-0.2, 0) is 14.3 Å². The molecule has 1 amide bonds. The van der Waals surface area contributed by atoms with Gasteiger partial charge < -0.3 is 20.1 Å². The summed E-state index contributed by atoms with van der Waals surface area (Å²) in [5, 5.41) is 5.93. The lowest BCUT2D eigenvalue weighted by atomic mass is 10.2. The Morgan fingerprint density at radius 3 is 3.00 bits per heavy atom. The Labute approximate surface area is 122 Å². The van der Waals surface area contributed by atoms with Crippen molar-refractivity contribution in [3.8, 4) is 0 Å². The standard InChI is InChI=1S/C14H29N3O3/c1-12(2)10-17-5-7-20-13(11-17)8-16-14(18)9-15-4-6-19-3/h12-13,15H,4-11H2,1-3H3,(H,16,18). The maximum Gasteiger partial charge on any atom is 0.234 e. The molecule has 0 aromatic heterocycles. The smallest absolute Gasteiger partial charge is 0.234 e. The molecule has 118 valence electrons. The van der Waals surface area contributed by atoms with Crippen LogP contribution in [0.25, 0.3) is 0 Å². The second-order valence-corrected chi connectivity index (χ2v) is 5.62. The molecule has 1 aliphatic heterocycles. The molecule has 1 unspecified atom stereocenters. The van der Waals surface area contributed by atoms with Crippen molar-refractivity contribution in [3.05, 3.63) is 0 Å². The van der Waals surface area contributed by atoms with E-state index in [2.05, 4.69) is 29.4 Å². The van der Waals surface area contributed by atoms with E-state index in [1.54, 1.807) is 7.11 Å². The molecule has 1 rings (SSSR count). The van der Waals surface area contributed by atoms with Gasteiger partial charge in [0.2, 0.25) is 5.91 Å². The minimum atomic E-state index is 0.00526. The Kier molecular flexibility index (Phi) is 8.77. The first-order chi connectivity index (χ1) is 9.61. The number of amides is 1. The predicted octanol–water partition coefficient (Wildman–Crippen LogP) is -0.305. The van der Waals surface area contributed by atoms with E-state index in [0.717, 1.165) is 26.2 Å². The third-order valence-electron chi connectivity index (χ3n) is 3.14. The number of carbonyl (C=O) groups is 1. The first kappa shape index (κ1) is 17.4. The van der Waals surface area contributed by atoms with E-state index in [-0.39, 0.29) is 12.0 Å². The summed E-state index contributed by atoms with van der Waals surface area (Å²) in [6, 6.07) is 0. The lowest BCUT2D eigenvalue weighted by Gasteiger charge is -2.33. The number of morpholine rings is 1. The predicted molar refractivity (Wildman–Crippen MR) is 78.8 cm³/mol. The van der Waals surface area contributed by atoms with Gasteiger partial charge in [-0.05, 0) is 5.92 Å². The van der Waals surface area contributed by atoms with E-state index in [1.807, 2.05) is 0 Å². The maximum absolute atomic E-state index is 11.6. The average molecular weight is 287 g/mol. The summed E-state index contributed by atoms with van der Waals surface area (Å²) in [6.07, 6.45) is 0.102. The highest BCUT2D eigenvalue weighted by molar-refractivity contribution is 5.77. The van der Waals surface area contributed by atoms with E-state index < -0.39 is 0 Å². The lowest BCUT2D eigenvalue weighted by Crippen LogP contribution is -2.49. The van der Waals surface area contributed by atoms with Crippen molar-refractivity contribution in [1.82, 2.24) is 15.5 Å². The summed E-state index contributed by atoms with van der Waals surface area (Å²) in [4.78, 5) is 14.0. The third-order valence-corrected chi connectivity index (χ3v) is 3.14. The summed E-state index contributed by atoms with van der Waals surface area (Å²) in [5.74, 6) is 0.666. The fraction of sp³-hybridized carbons (Fsp3) is 0.929. The van der Waals surface area contributed by atoms with Gasteiger partial charge in [-0.1, -0.05) is 13.8 Å². The molecule has 1 atom stereocenters. The maximum atomic E-state index is 11.6. The van der Waals surface area contributed by atoms with Crippen LogP contribution < -0.4 is 10.6 Å². The van der Waals surface area contributed by atoms with E-state index >= 15 is 0 Å². The molecule has 0 saturated carbocycles. The number of methoxy groups -OCH3 is 1. The Balaban J connectivity index is 2.12. The third kappa shape index (κ3) is 7.79. The quantitative estimate of drug-likeness (QED) is 0.570. The molecule has 1 heterocycles. The SMILES string of the molecule is COCCNCC(=O)NCC1CN(CC(C)C)CCO1. The molecule has 1 aliphatic rings. The fourth-order valence-electron chi connectivity index (χ4n) is 2.25. The molecule has 2 N–H and O–H groups in total. The monoisotopic (exact) mass is 287 g/mol. The van der Waals surface area contributed by atoms with Crippen LogP contribution in [0.4, 0.5) is 0 Å². The average Bonchev–Trinajstić information content (AvgIpc) is 2.41. The van der Waals surface area contributed by atoms with Gasteiger partial charge in [0.15, 0.2) is 0 Å². The van der Waals surface area contributed by atoms with Gasteiger partial charge in [-0.15, -0.1) is 0 Å². The molecule has 0 aromatic rings. The zero-order valence-electron chi connectivity index (χ0n) is 13.0. The molecular weight excluding hydrogens is 258 g/mol. The minimum Gasteiger partial charge on any atom is -0.383 e. The van der Waals surface area contributed by atoms with Crippen LogP contribution in [0.5, 0.6) is 0 Å². The van der Waals surface area contributed by atoms with Gasteiger partial charge in [-0.3, -0.25) is 9.69 Å². The van der Waals surface area contributed by atoms with Crippen molar-refractivity contribution in [1.29, 1.82) is 0 Å². The van der Waals surface area contributed by atoms with Crippen molar-refractivity contribution < 1.29 is 14.3 Å². The van der Waals surface area contributed by atoms with Crippen molar-refractivity contribution in [3.63, 3.8) is 0 Å². The number of nitrogens with one attached hydrogen (secondary N) is 2. The molecule has 0 aliphatic carbocycles. The largest absolute Gasteiger partial charge is 0.383 e. The second-order valence-electron chi connectivity index (χ2n) is 5.62. The summed E-state index contributed by atoms with van der Waals surface area (Å²) < 4.78 is 10.6. The van der Waals surface area contributed by atoms with Crippen molar-refractivity contribution in [2.45, 2.75) is 20.0 Å². The summed E-state index contributed by atoms with van der Waals surface area (Å²) >= 11 is 0. The van der Waals surface area contributed by atoms with Crippen LogP contribution in [0.2, 0.25) is 0 Å². The van der Waals surface area contributed by atoms with Crippen molar-refractivity contribution in [2.24, 2.45) is 5.92 Å². The summed E-state index contributed by atoms with van der Waals surface area (Å²) in [5.41, 5.74) is 0. The van der Waals surface area contributed by atoms with E-state index in [9.17, 15) is 4.79 Å². The molecule has 0 aromatic carbocycles. The van der Waals surface area contributed by atoms with Gasteiger partial charge in [0, 0.05) is 39.8 Å². The van der Waals surface area contributed by atoms with Crippen LogP contribution in [0, 0.1) is 5.92 Å². The van der Waals surface area contributed by atoms with Crippen molar-refractivity contribution >= 4 is 5.91 Å². The molecule has 0 bridgehead atoms.